The molecule has 0 aliphatic rings. The molecule has 5 nitrogen and oxygen atoms in total. The number of ether oxygens (including phenoxy) is 1. The van der Waals surface area contributed by atoms with Crippen LogP contribution in [0.2, 0.25) is 0 Å². The van der Waals surface area contributed by atoms with Gasteiger partial charge in [-0.25, -0.2) is 9.97 Å². The van der Waals surface area contributed by atoms with E-state index >= 15 is 0 Å². The van der Waals surface area contributed by atoms with Gasteiger partial charge in [0.15, 0.2) is 0 Å². The van der Waals surface area contributed by atoms with Crippen molar-refractivity contribution in [2.75, 3.05) is 6.61 Å². The van der Waals surface area contributed by atoms with E-state index in [-0.39, 0.29) is 18.1 Å². The molecule has 0 unspecified atom stereocenters. The van der Waals surface area contributed by atoms with Crippen molar-refractivity contribution >= 4 is 33.2 Å². The van der Waals surface area contributed by atoms with Crippen molar-refractivity contribution in [1.29, 1.82) is 0 Å². The Labute approximate surface area is 135 Å². The zero-order valence-corrected chi connectivity index (χ0v) is 13.9. The number of rotatable bonds is 6. The maximum absolute atomic E-state index is 11.6. The minimum absolute atomic E-state index is 0.0517. The summed E-state index contributed by atoms with van der Waals surface area (Å²) in [5.74, 6) is -0.232. The number of carbonyl (C=O) groups excluding carboxylic acids is 1. The van der Waals surface area contributed by atoms with Gasteiger partial charge in [0.1, 0.15) is 16.5 Å². The van der Waals surface area contributed by atoms with Crippen LogP contribution < -0.4 is 0 Å². The Hall–Kier alpha value is -1.47. The number of esters is 1. The predicted octanol–water partition coefficient (Wildman–Crippen LogP) is 3.56. The molecule has 0 saturated carbocycles. The van der Waals surface area contributed by atoms with Crippen molar-refractivity contribution in [3.63, 3.8) is 0 Å². The fourth-order valence-corrected chi connectivity index (χ4v) is 2.76. The molecule has 0 bridgehead atoms. The zero-order chi connectivity index (χ0) is 15.2. The normalized spacial score (nSPS) is 10.6. The number of aromatic hydroxyl groups is 1. The molecule has 1 N–H and O–H groups in total. The second kappa shape index (κ2) is 7.51. The van der Waals surface area contributed by atoms with Crippen LogP contribution >= 0.6 is 27.3 Å². The Balaban J connectivity index is 2.02. The maximum atomic E-state index is 11.6. The summed E-state index contributed by atoms with van der Waals surface area (Å²) in [7, 11) is 0. The molecule has 112 valence electrons. The summed E-state index contributed by atoms with van der Waals surface area (Å²) >= 11 is 4.57. The molecule has 21 heavy (non-hydrogen) atoms. The van der Waals surface area contributed by atoms with Gasteiger partial charge in [0.25, 0.3) is 0 Å². The number of thiazole rings is 1. The van der Waals surface area contributed by atoms with E-state index in [0.717, 1.165) is 12.8 Å². The molecule has 0 aromatic carbocycles. The van der Waals surface area contributed by atoms with E-state index in [1.807, 2.05) is 6.92 Å². The maximum Gasteiger partial charge on any atom is 0.311 e. The van der Waals surface area contributed by atoms with Crippen LogP contribution in [0.15, 0.2) is 22.1 Å². The third-order valence-corrected chi connectivity index (χ3v) is 4.01. The zero-order valence-electron chi connectivity index (χ0n) is 11.5. The minimum Gasteiger partial charge on any atom is -0.506 e. The summed E-state index contributed by atoms with van der Waals surface area (Å²) < 4.78 is 5.79. The van der Waals surface area contributed by atoms with Crippen LogP contribution in [0.4, 0.5) is 0 Å². The highest BCUT2D eigenvalue weighted by Crippen LogP contribution is 2.31. The van der Waals surface area contributed by atoms with Gasteiger partial charge < -0.3 is 9.84 Å². The van der Waals surface area contributed by atoms with Crippen molar-refractivity contribution < 1.29 is 14.6 Å². The lowest BCUT2D eigenvalue weighted by atomic mass is 10.3. The van der Waals surface area contributed by atoms with Gasteiger partial charge in [-0.3, -0.25) is 4.79 Å². The van der Waals surface area contributed by atoms with Crippen molar-refractivity contribution in [2.45, 2.75) is 26.2 Å². The second-order valence-corrected chi connectivity index (χ2v) is 6.19. The number of hydrogen-bond acceptors (Lipinski definition) is 6. The SMILES string of the molecule is CCCCOC(=O)Cc1csc(-c2ncc(Br)cc2O)n1. The van der Waals surface area contributed by atoms with Gasteiger partial charge in [0.2, 0.25) is 0 Å². The lowest BCUT2D eigenvalue weighted by molar-refractivity contribution is -0.142. The number of carbonyl (C=O) groups is 1. The number of aromatic nitrogens is 2. The van der Waals surface area contributed by atoms with Crippen LogP contribution in [-0.4, -0.2) is 27.7 Å². The van der Waals surface area contributed by atoms with Gasteiger partial charge in [-0.05, 0) is 28.4 Å². The Morgan fingerprint density at radius 1 is 1.52 bits per heavy atom. The minimum atomic E-state index is -0.284. The Bertz CT molecular complexity index is 630. The lowest BCUT2D eigenvalue weighted by Crippen LogP contribution is -2.09. The molecular formula is C14H15BrN2O3S. The fourth-order valence-electron chi connectivity index (χ4n) is 1.62. The summed E-state index contributed by atoms with van der Waals surface area (Å²) in [6, 6.07) is 1.56. The number of pyridine rings is 1. The van der Waals surface area contributed by atoms with E-state index in [4.69, 9.17) is 4.74 Å². The Kier molecular flexibility index (Phi) is 5.69. The average molecular weight is 371 g/mol. The highest BCUT2D eigenvalue weighted by Gasteiger charge is 2.13. The number of unbranched alkanes of at least 4 members (excludes halogenated alkanes) is 1. The molecule has 0 fully saturated rings. The topological polar surface area (TPSA) is 72.3 Å². The summed E-state index contributed by atoms with van der Waals surface area (Å²) in [6.45, 7) is 2.49. The summed E-state index contributed by atoms with van der Waals surface area (Å²) in [6.07, 6.45) is 3.58. The largest absolute Gasteiger partial charge is 0.506 e. The van der Waals surface area contributed by atoms with E-state index in [2.05, 4.69) is 25.9 Å². The van der Waals surface area contributed by atoms with Gasteiger partial charge in [0, 0.05) is 16.0 Å². The van der Waals surface area contributed by atoms with Gasteiger partial charge in [-0.15, -0.1) is 11.3 Å². The highest BCUT2D eigenvalue weighted by molar-refractivity contribution is 9.10. The number of nitrogens with zero attached hydrogens (tertiary/aromatic N) is 2. The number of hydrogen-bond donors (Lipinski definition) is 1. The van der Waals surface area contributed by atoms with Crippen molar-refractivity contribution in [3.8, 4) is 16.5 Å². The molecule has 2 heterocycles. The quantitative estimate of drug-likeness (QED) is 0.621. The molecule has 0 saturated heterocycles. The van der Waals surface area contributed by atoms with E-state index in [9.17, 15) is 9.90 Å². The first-order valence-corrected chi connectivity index (χ1v) is 8.22. The molecule has 2 aromatic heterocycles. The smallest absolute Gasteiger partial charge is 0.311 e. The van der Waals surface area contributed by atoms with Gasteiger partial charge in [-0.2, -0.15) is 0 Å². The molecule has 0 aliphatic heterocycles. The van der Waals surface area contributed by atoms with Crippen molar-refractivity contribution in [2.24, 2.45) is 0 Å². The lowest BCUT2D eigenvalue weighted by Gasteiger charge is -2.02. The van der Waals surface area contributed by atoms with E-state index in [0.29, 0.717) is 27.5 Å². The first-order chi connectivity index (χ1) is 10.1. The Morgan fingerprint density at radius 2 is 2.33 bits per heavy atom. The van der Waals surface area contributed by atoms with Crippen molar-refractivity contribution in [3.05, 3.63) is 27.8 Å². The van der Waals surface area contributed by atoms with Crippen LogP contribution in [-0.2, 0) is 16.0 Å². The van der Waals surface area contributed by atoms with E-state index < -0.39 is 0 Å². The van der Waals surface area contributed by atoms with Crippen LogP contribution in [0.3, 0.4) is 0 Å². The third kappa shape index (κ3) is 4.50. The first kappa shape index (κ1) is 15.9. The Morgan fingerprint density at radius 3 is 3.05 bits per heavy atom. The van der Waals surface area contributed by atoms with Gasteiger partial charge in [0.05, 0.1) is 18.7 Å². The van der Waals surface area contributed by atoms with E-state index in [1.165, 1.54) is 11.3 Å². The number of halogens is 1. The molecule has 0 amide bonds. The highest BCUT2D eigenvalue weighted by atomic mass is 79.9. The standard InChI is InChI=1S/C14H15BrN2O3S/c1-2-3-4-20-12(19)6-10-8-21-14(17-10)13-11(18)5-9(15)7-16-13/h5,7-8,18H,2-4,6H2,1H3. The first-order valence-electron chi connectivity index (χ1n) is 6.55. The molecule has 2 rings (SSSR count). The summed E-state index contributed by atoms with van der Waals surface area (Å²) in [5.41, 5.74) is 1.04. The van der Waals surface area contributed by atoms with Crippen LogP contribution in [0.5, 0.6) is 5.75 Å². The van der Waals surface area contributed by atoms with Crippen molar-refractivity contribution in [1.82, 2.24) is 9.97 Å². The van der Waals surface area contributed by atoms with Crippen LogP contribution in [0.1, 0.15) is 25.5 Å². The monoisotopic (exact) mass is 370 g/mol. The summed E-state index contributed by atoms with van der Waals surface area (Å²) in [5, 5.41) is 12.2. The van der Waals surface area contributed by atoms with Gasteiger partial charge >= 0.3 is 5.97 Å². The van der Waals surface area contributed by atoms with Gasteiger partial charge in [-0.1, -0.05) is 13.3 Å². The summed E-state index contributed by atoms with van der Waals surface area (Å²) in [4.78, 5) is 20.1. The molecule has 0 aliphatic carbocycles. The molecule has 0 radical (unpaired) electrons. The predicted molar refractivity (Wildman–Crippen MR) is 84.3 cm³/mol. The molecular weight excluding hydrogens is 356 g/mol. The molecule has 7 heteroatoms. The van der Waals surface area contributed by atoms with Crippen LogP contribution in [0.25, 0.3) is 10.7 Å². The molecule has 0 atom stereocenters. The molecule has 0 spiro atoms. The third-order valence-electron chi connectivity index (χ3n) is 2.67. The van der Waals surface area contributed by atoms with E-state index in [1.54, 1.807) is 17.6 Å². The average Bonchev–Trinajstić information content (AvgIpc) is 2.87. The fraction of sp³-hybridized carbons (Fsp3) is 0.357. The second-order valence-electron chi connectivity index (χ2n) is 4.42. The molecule has 2 aromatic rings. The van der Waals surface area contributed by atoms with Crippen LogP contribution in [0, 0.1) is 0 Å².